The van der Waals surface area contributed by atoms with Crippen molar-refractivity contribution < 1.29 is 24.1 Å². The monoisotopic (exact) mass is 762 g/mol. The van der Waals surface area contributed by atoms with Gasteiger partial charge in [-0.1, -0.05) is 172 Å². The van der Waals surface area contributed by atoms with Crippen molar-refractivity contribution in [2.75, 3.05) is 6.61 Å². The Kier molecular flexibility index (Phi) is 23.8. The summed E-state index contributed by atoms with van der Waals surface area (Å²) >= 11 is 0. The van der Waals surface area contributed by atoms with E-state index in [1.807, 2.05) is 6.08 Å². The lowest BCUT2D eigenvalue weighted by atomic mass is 9.62. The quantitative estimate of drug-likeness (QED) is 0.0644. The van der Waals surface area contributed by atoms with Gasteiger partial charge in [-0.15, -0.1) is 0 Å². The Bertz CT molecular complexity index is 1020. The Hall–Kier alpha value is -0.950. The Morgan fingerprint density at radius 2 is 1.43 bits per heavy atom. The third-order valence-electron chi connectivity index (χ3n) is 14.4. The van der Waals surface area contributed by atoms with Gasteiger partial charge >= 0.3 is 0 Å². The van der Waals surface area contributed by atoms with Gasteiger partial charge in [-0.05, 0) is 74.0 Å². The number of amides is 1. The van der Waals surface area contributed by atoms with Crippen molar-refractivity contribution in [3.8, 4) is 0 Å². The number of rotatable bonds is 27. The van der Waals surface area contributed by atoms with Crippen LogP contribution in [0.25, 0.3) is 0 Å². The first-order valence-electron chi connectivity index (χ1n) is 23.3. The van der Waals surface area contributed by atoms with Crippen molar-refractivity contribution in [3.63, 3.8) is 0 Å². The SMILES string of the molecule is CC/C=C/C(O)C(COC1OC(CC)C(C)C([C@H](C)C2(C)CC(C)C(C)C(C(C)C(C)CC)O2)C1C)NC(=O)CCCCCCCCCCCCCCC. The van der Waals surface area contributed by atoms with Gasteiger partial charge in [-0.3, -0.25) is 4.79 Å². The largest absolute Gasteiger partial charge is 0.387 e. The predicted molar refractivity (Wildman–Crippen MR) is 228 cm³/mol. The van der Waals surface area contributed by atoms with E-state index in [4.69, 9.17) is 14.2 Å². The fraction of sp³-hybridized carbons (Fsp3) is 0.938. The Morgan fingerprint density at radius 1 is 0.852 bits per heavy atom. The maximum atomic E-state index is 13.2. The average molecular weight is 762 g/mol. The Labute approximate surface area is 335 Å². The highest BCUT2D eigenvalue weighted by atomic mass is 16.7. The van der Waals surface area contributed by atoms with E-state index in [1.165, 1.54) is 77.0 Å². The number of ether oxygens (including phenoxy) is 3. The summed E-state index contributed by atoms with van der Waals surface area (Å²) in [5, 5.41) is 14.3. The van der Waals surface area contributed by atoms with Gasteiger partial charge in [0.1, 0.15) is 0 Å². The van der Waals surface area contributed by atoms with E-state index >= 15 is 0 Å². The summed E-state index contributed by atoms with van der Waals surface area (Å²) in [4.78, 5) is 13.2. The summed E-state index contributed by atoms with van der Waals surface area (Å²) in [6.45, 7) is 28.1. The molecule has 0 saturated carbocycles. The molecule has 0 aromatic heterocycles. The second-order valence-electron chi connectivity index (χ2n) is 18.5. The second-order valence-corrected chi connectivity index (χ2v) is 18.5. The second kappa shape index (κ2) is 26.1. The standard InChI is InChI=1S/C48H91NO5/c1-13-17-19-20-21-22-23-24-25-26-27-28-29-31-44(51)49-41(42(50)30-18-14-2)33-52-47-39(10)45(38(9)43(16-4)53-47)40(11)48(12)32-35(6)37(8)46(54-48)36(7)34(5)15-3/h18,30,34-43,45-47,50H,13-17,19-29,31-33H2,1-12H3,(H,49,51)/b30-18+/t34?,35?,36?,37?,38?,39?,40-,41?,42?,43?,45?,46?,47?,48?/m0/s1. The fourth-order valence-electron chi connectivity index (χ4n) is 9.91. The lowest BCUT2D eigenvalue weighted by Crippen LogP contribution is -2.58. The maximum absolute atomic E-state index is 13.2. The molecular weight excluding hydrogens is 671 g/mol. The molecule has 2 N–H and O–H groups in total. The van der Waals surface area contributed by atoms with E-state index in [0.717, 1.165) is 32.1 Å². The van der Waals surface area contributed by atoms with Crippen LogP contribution < -0.4 is 5.32 Å². The van der Waals surface area contributed by atoms with E-state index in [9.17, 15) is 9.90 Å². The molecule has 54 heavy (non-hydrogen) atoms. The van der Waals surface area contributed by atoms with Crippen LogP contribution in [-0.2, 0) is 19.0 Å². The van der Waals surface area contributed by atoms with E-state index in [0.29, 0.717) is 47.8 Å². The molecule has 0 bridgehead atoms. The zero-order valence-electron chi connectivity index (χ0n) is 37.7. The number of unbranched alkanes of at least 4 members (excludes halogenated alkanes) is 12. The molecule has 0 radical (unpaired) electrons. The van der Waals surface area contributed by atoms with Gasteiger partial charge in [0, 0.05) is 12.3 Å². The molecule has 6 heteroatoms. The predicted octanol–water partition coefficient (Wildman–Crippen LogP) is 12.5. The molecular formula is C48H91NO5. The molecule has 0 aromatic rings. The molecule has 2 heterocycles. The van der Waals surface area contributed by atoms with Crippen LogP contribution in [0.15, 0.2) is 12.2 Å². The molecule has 2 aliphatic rings. The number of hydrogen-bond donors (Lipinski definition) is 2. The highest BCUT2D eigenvalue weighted by Crippen LogP contribution is 2.51. The highest BCUT2D eigenvalue weighted by Gasteiger charge is 2.53. The van der Waals surface area contributed by atoms with E-state index in [-0.39, 0.29) is 36.2 Å². The van der Waals surface area contributed by atoms with Gasteiger partial charge in [-0.2, -0.15) is 0 Å². The minimum atomic E-state index is -0.822. The van der Waals surface area contributed by atoms with Gasteiger partial charge in [0.15, 0.2) is 6.29 Å². The van der Waals surface area contributed by atoms with Crippen molar-refractivity contribution in [2.45, 2.75) is 235 Å². The molecule has 2 fully saturated rings. The Balaban J connectivity index is 2.00. The Morgan fingerprint density at radius 3 is 1.96 bits per heavy atom. The molecule has 6 nitrogen and oxygen atoms in total. The number of hydrogen-bond acceptors (Lipinski definition) is 5. The molecule has 0 aliphatic carbocycles. The van der Waals surface area contributed by atoms with E-state index in [2.05, 4.69) is 88.4 Å². The summed E-state index contributed by atoms with van der Waals surface area (Å²) in [5.41, 5.74) is -0.239. The minimum absolute atomic E-state index is 0.00770. The summed E-state index contributed by atoms with van der Waals surface area (Å²) in [6.07, 6.45) is 23.9. The number of carbonyl (C=O) groups is 1. The topological polar surface area (TPSA) is 77.0 Å². The number of aliphatic hydroxyl groups excluding tert-OH is 1. The van der Waals surface area contributed by atoms with E-state index < -0.39 is 18.4 Å². The number of nitrogens with one attached hydrogen (secondary N) is 1. The van der Waals surface area contributed by atoms with Gasteiger partial charge in [0.2, 0.25) is 5.91 Å². The van der Waals surface area contributed by atoms with Crippen LogP contribution in [-0.4, -0.2) is 53.9 Å². The summed E-state index contributed by atoms with van der Waals surface area (Å²) in [5.74, 6) is 3.37. The van der Waals surface area contributed by atoms with Gasteiger partial charge in [0.25, 0.3) is 0 Å². The van der Waals surface area contributed by atoms with Gasteiger partial charge < -0.3 is 24.6 Å². The van der Waals surface area contributed by atoms with Crippen molar-refractivity contribution in [2.24, 2.45) is 47.3 Å². The summed E-state index contributed by atoms with van der Waals surface area (Å²) in [7, 11) is 0. The molecule has 13 unspecified atom stereocenters. The van der Waals surface area contributed by atoms with Crippen molar-refractivity contribution in [3.05, 3.63) is 12.2 Å². The van der Waals surface area contributed by atoms with Crippen LogP contribution in [0.2, 0.25) is 0 Å². The van der Waals surface area contributed by atoms with Crippen LogP contribution in [0.4, 0.5) is 0 Å². The molecule has 0 aromatic carbocycles. The summed E-state index contributed by atoms with van der Waals surface area (Å²) < 4.78 is 20.6. The van der Waals surface area contributed by atoms with E-state index in [1.54, 1.807) is 6.08 Å². The van der Waals surface area contributed by atoms with Gasteiger partial charge in [-0.25, -0.2) is 0 Å². The molecule has 318 valence electrons. The third-order valence-corrected chi connectivity index (χ3v) is 14.4. The first-order chi connectivity index (χ1) is 25.8. The number of aliphatic hydroxyl groups is 1. The lowest BCUT2D eigenvalue weighted by Gasteiger charge is -2.56. The van der Waals surface area contributed by atoms with Crippen LogP contribution >= 0.6 is 0 Å². The normalized spacial score (nSPS) is 31.9. The number of carbonyl (C=O) groups excluding carboxylic acids is 1. The molecule has 0 spiro atoms. The average Bonchev–Trinajstić information content (AvgIpc) is 3.15. The molecule has 2 saturated heterocycles. The molecule has 2 aliphatic heterocycles. The zero-order chi connectivity index (χ0) is 40.3. The zero-order valence-corrected chi connectivity index (χ0v) is 37.7. The van der Waals surface area contributed by atoms with Crippen LogP contribution in [0.1, 0.15) is 199 Å². The smallest absolute Gasteiger partial charge is 0.220 e. The minimum Gasteiger partial charge on any atom is -0.387 e. The first kappa shape index (κ1) is 49.2. The molecule has 2 rings (SSSR count). The van der Waals surface area contributed by atoms with Gasteiger partial charge in [0.05, 0.1) is 36.6 Å². The molecule has 14 atom stereocenters. The van der Waals surface area contributed by atoms with Crippen molar-refractivity contribution >= 4 is 5.91 Å². The van der Waals surface area contributed by atoms with Crippen molar-refractivity contribution in [1.29, 1.82) is 0 Å². The van der Waals surface area contributed by atoms with Crippen molar-refractivity contribution in [1.82, 2.24) is 5.32 Å². The van der Waals surface area contributed by atoms with Crippen LogP contribution in [0.3, 0.4) is 0 Å². The van der Waals surface area contributed by atoms with Crippen LogP contribution in [0.5, 0.6) is 0 Å². The number of allylic oxidation sites excluding steroid dienone is 1. The fourth-order valence-corrected chi connectivity index (χ4v) is 9.91. The maximum Gasteiger partial charge on any atom is 0.220 e. The first-order valence-corrected chi connectivity index (χ1v) is 23.3. The summed E-state index contributed by atoms with van der Waals surface area (Å²) in [6, 6.07) is -0.530. The molecule has 1 amide bonds. The third kappa shape index (κ3) is 15.4. The van der Waals surface area contributed by atoms with Crippen LogP contribution in [0, 0.1) is 47.3 Å². The highest BCUT2D eigenvalue weighted by molar-refractivity contribution is 5.76. The lowest BCUT2D eigenvalue weighted by molar-refractivity contribution is -0.277.